The van der Waals surface area contributed by atoms with Gasteiger partial charge in [0.2, 0.25) is 10.0 Å². The number of hydrogen-bond donors (Lipinski definition) is 1. The summed E-state index contributed by atoms with van der Waals surface area (Å²) in [6.45, 7) is 4.91. The molecular formula is C19H22ClN3O5S. The maximum absolute atomic E-state index is 13.0. The molecule has 0 bridgehead atoms. The van der Waals surface area contributed by atoms with E-state index in [4.69, 9.17) is 21.1 Å². The number of aromatic nitrogens is 1. The lowest BCUT2D eigenvalue weighted by molar-refractivity contribution is 0.0730. The molecule has 156 valence electrons. The molecule has 1 aliphatic rings. The van der Waals surface area contributed by atoms with Gasteiger partial charge in [-0.05, 0) is 44.2 Å². The molecule has 1 aliphatic heterocycles. The van der Waals surface area contributed by atoms with Gasteiger partial charge in [0.1, 0.15) is 10.9 Å². The second-order valence-electron chi connectivity index (χ2n) is 6.64. The Labute approximate surface area is 174 Å². The number of nitrogens with one attached hydrogen (secondary N) is 1. The van der Waals surface area contributed by atoms with Gasteiger partial charge in [-0.1, -0.05) is 11.6 Å². The summed E-state index contributed by atoms with van der Waals surface area (Å²) in [4.78, 5) is 16.6. The number of ether oxygens (including phenoxy) is 2. The summed E-state index contributed by atoms with van der Waals surface area (Å²) in [6.07, 6.45) is 1.30. The molecule has 29 heavy (non-hydrogen) atoms. The fourth-order valence-electron chi connectivity index (χ4n) is 2.81. The van der Waals surface area contributed by atoms with Crippen molar-refractivity contribution in [3.05, 3.63) is 47.2 Å². The van der Waals surface area contributed by atoms with Crippen LogP contribution >= 0.6 is 11.6 Å². The zero-order chi connectivity index (χ0) is 21.0. The minimum atomic E-state index is -3.73. The average Bonchev–Trinajstić information content (AvgIpc) is 2.69. The van der Waals surface area contributed by atoms with Gasteiger partial charge in [-0.25, -0.2) is 13.4 Å². The van der Waals surface area contributed by atoms with Crippen LogP contribution in [0.2, 0.25) is 5.15 Å². The van der Waals surface area contributed by atoms with Crippen LogP contribution in [0, 0.1) is 0 Å². The zero-order valence-corrected chi connectivity index (χ0v) is 17.7. The van der Waals surface area contributed by atoms with Crippen molar-refractivity contribution in [1.29, 1.82) is 0 Å². The molecule has 0 unspecified atom stereocenters. The summed E-state index contributed by atoms with van der Waals surface area (Å²) in [5.74, 6) is -0.160. The summed E-state index contributed by atoms with van der Waals surface area (Å²) in [5.41, 5.74) is 0.407. The van der Waals surface area contributed by atoms with Gasteiger partial charge in [0.15, 0.2) is 0 Å². The highest BCUT2D eigenvalue weighted by Crippen LogP contribution is 2.31. The molecule has 1 N–H and O–H groups in total. The van der Waals surface area contributed by atoms with Crippen LogP contribution in [-0.4, -0.2) is 56.0 Å². The first kappa shape index (κ1) is 21.5. The van der Waals surface area contributed by atoms with E-state index in [2.05, 4.69) is 10.3 Å². The highest BCUT2D eigenvalue weighted by molar-refractivity contribution is 7.89. The SMILES string of the molecule is CC(C)Oc1ccc(S(=O)(=O)N2CCOCC2)cc1NC(=O)c1cccnc1Cl. The Hall–Kier alpha value is -2.20. The lowest BCUT2D eigenvalue weighted by Crippen LogP contribution is -2.40. The first-order valence-electron chi connectivity index (χ1n) is 9.09. The summed E-state index contributed by atoms with van der Waals surface area (Å²) in [5, 5.41) is 2.74. The Morgan fingerprint density at radius 2 is 2.00 bits per heavy atom. The van der Waals surface area contributed by atoms with E-state index >= 15 is 0 Å². The number of anilines is 1. The molecule has 10 heteroatoms. The van der Waals surface area contributed by atoms with Gasteiger partial charge < -0.3 is 14.8 Å². The minimum absolute atomic E-state index is 0.0495. The Kier molecular flexibility index (Phi) is 6.74. The summed E-state index contributed by atoms with van der Waals surface area (Å²) in [7, 11) is -3.73. The molecule has 1 saturated heterocycles. The van der Waals surface area contributed by atoms with E-state index in [0.29, 0.717) is 19.0 Å². The molecule has 2 heterocycles. The van der Waals surface area contributed by atoms with E-state index < -0.39 is 15.9 Å². The largest absolute Gasteiger partial charge is 0.489 e. The lowest BCUT2D eigenvalue weighted by atomic mass is 10.2. The average molecular weight is 440 g/mol. The highest BCUT2D eigenvalue weighted by Gasteiger charge is 2.27. The number of hydrogen-bond acceptors (Lipinski definition) is 6. The van der Waals surface area contributed by atoms with Gasteiger partial charge in [0.25, 0.3) is 5.91 Å². The fraction of sp³-hybridized carbons (Fsp3) is 0.368. The van der Waals surface area contributed by atoms with Crippen LogP contribution in [0.25, 0.3) is 0 Å². The summed E-state index contributed by atoms with van der Waals surface area (Å²) >= 11 is 6.00. The molecule has 0 atom stereocenters. The molecule has 1 fully saturated rings. The van der Waals surface area contributed by atoms with E-state index in [1.54, 1.807) is 6.07 Å². The number of pyridine rings is 1. The third-order valence-electron chi connectivity index (χ3n) is 4.17. The van der Waals surface area contributed by atoms with E-state index in [1.165, 1.54) is 34.8 Å². The number of amides is 1. The van der Waals surface area contributed by atoms with Crippen LogP contribution in [0.4, 0.5) is 5.69 Å². The highest BCUT2D eigenvalue weighted by atomic mass is 35.5. The molecular weight excluding hydrogens is 418 g/mol. The second-order valence-corrected chi connectivity index (χ2v) is 8.93. The van der Waals surface area contributed by atoms with Crippen LogP contribution in [0.3, 0.4) is 0 Å². The molecule has 1 amide bonds. The first-order chi connectivity index (χ1) is 13.8. The van der Waals surface area contributed by atoms with Crippen molar-refractivity contribution in [2.24, 2.45) is 0 Å². The number of nitrogens with zero attached hydrogens (tertiary/aromatic N) is 2. The van der Waals surface area contributed by atoms with Gasteiger partial charge in [-0.15, -0.1) is 0 Å². The van der Waals surface area contributed by atoms with Crippen LogP contribution < -0.4 is 10.1 Å². The maximum Gasteiger partial charge on any atom is 0.258 e. The molecule has 3 rings (SSSR count). The van der Waals surface area contributed by atoms with Crippen LogP contribution in [0.5, 0.6) is 5.75 Å². The Bertz CT molecular complexity index is 991. The van der Waals surface area contributed by atoms with Crippen molar-refractivity contribution >= 4 is 33.2 Å². The van der Waals surface area contributed by atoms with Crippen molar-refractivity contribution in [2.45, 2.75) is 24.8 Å². The number of halogens is 1. The van der Waals surface area contributed by atoms with Crippen LogP contribution in [0.15, 0.2) is 41.4 Å². The molecule has 1 aromatic heterocycles. The second kappa shape index (κ2) is 9.08. The topological polar surface area (TPSA) is 97.8 Å². The van der Waals surface area contributed by atoms with E-state index in [9.17, 15) is 13.2 Å². The molecule has 0 aliphatic carbocycles. The lowest BCUT2D eigenvalue weighted by Gasteiger charge is -2.26. The standard InChI is InChI=1S/C19H22ClN3O5S/c1-13(2)28-17-6-5-14(29(25,26)23-8-10-27-11-9-23)12-16(17)22-19(24)15-4-3-7-21-18(15)20/h3-7,12-13H,8-11H2,1-2H3,(H,22,24). The van der Waals surface area contributed by atoms with E-state index in [-0.39, 0.29) is 40.5 Å². The molecule has 0 radical (unpaired) electrons. The van der Waals surface area contributed by atoms with Gasteiger partial charge in [0, 0.05) is 19.3 Å². The molecule has 0 spiro atoms. The Balaban J connectivity index is 1.96. The van der Waals surface area contributed by atoms with Gasteiger partial charge in [0.05, 0.1) is 35.5 Å². The van der Waals surface area contributed by atoms with E-state index in [1.807, 2.05) is 13.8 Å². The monoisotopic (exact) mass is 439 g/mol. The predicted octanol–water partition coefficient (Wildman–Crippen LogP) is 2.80. The fourth-order valence-corrected chi connectivity index (χ4v) is 4.44. The number of benzene rings is 1. The quantitative estimate of drug-likeness (QED) is 0.695. The molecule has 1 aromatic carbocycles. The van der Waals surface area contributed by atoms with Gasteiger partial charge >= 0.3 is 0 Å². The number of morpholine rings is 1. The molecule has 8 nitrogen and oxygen atoms in total. The summed E-state index contributed by atoms with van der Waals surface area (Å²) < 4.78 is 38.3. The smallest absolute Gasteiger partial charge is 0.258 e. The van der Waals surface area contributed by atoms with Gasteiger partial charge in [-0.3, -0.25) is 4.79 Å². The van der Waals surface area contributed by atoms with Gasteiger partial charge in [-0.2, -0.15) is 4.31 Å². The van der Waals surface area contributed by atoms with Crippen molar-refractivity contribution < 1.29 is 22.7 Å². The minimum Gasteiger partial charge on any atom is -0.489 e. The zero-order valence-electron chi connectivity index (χ0n) is 16.1. The number of rotatable bonds is 6. The van der Waals surface area contributed by atoms with E-state index in [0.717, 1.165) is 0 Å². The third-order valence-corrected chi connectivity index (χ3v) is 6.37. The number of carbonyl (C=O) groups excluding carboxylic acids is 1. The predicted molar refractivity (Wildman–Crippen MR) is 109 cm³/mol. The number of carbonyl (C=O) groups is 1. The van der Waals surface area contributed by atoms with Crippen molar-refractivity contribution in [3.63, 3.8) is 0 Å². The maximum atomic E-state index is 13.0. The Morgan fingerprint density at radius 1 is 1.28 bits per heavy atom. The molecule has 2 aromatic rings. The Morgan fingerprint density at radius 3 is 2.66 bits per heavy atom. The van der Waals surface area contributed by atoms with Crippen molar-refractivity contribution in [1.82, 2.24) is 9.29 Å². The van der Waals surface area contributed by atoms with Crippen LogP contribution in [0.1, 0.15) is 24.2 Å². The van der Waals surface area contributed by atoms with Crippen LogP contribution in [-0.2, 0) is 14.8 Å². The number of sulfonamides is 1. The normalized spacial score (nSPS) is 15.3. The summed E-state index contributed by atoms with van der Waals surface area (Å²) in [6, 6.07) is 7.52. The molecule has 0 saturated carbocycles. The first-order valence-corrected chi connectivity index (χ1v) is 10.9. The van der Waals surface area contributed by atoms with Crippen molar-refractivity contribution in [2.75, 3.05) is 31.6 Å². The van der Waals surface area contributed by atoms with Crippen molar-refractivity contribution in [3.8, 4) is 5.75 Å². The third kappa shape index (κ3) is 5.05.